The molecule has 2 aromatic heterocycles. The van der Waals surface area contributed by atoms with Crippen LogP contribution in [0.1, 0.15) is 32.7 Å². The number of hydrogen-bond donors (Lipinski definition) is 2. The van der Waals surface area contributed by atoms with Gasteiger partial charge in [0.15, 0.2) is 0 Å². The molecular formula is C26H30FN7. The van der Waals surface area contributed by atoms with Crippen molar-refractivity contribution in [3.05, 3.63) is 54.7 Å². The molecule has 0 bridgehead atoms. The van der Waals surface area contributed by atoms with Crippen LogP contribution in [0.3, 0.4) is 0 Å². The zero-order valence-corrected chi connectivity index (χ0v) is 19.8. The Hall–Kier alpha value is -3.52. The lowest BCUT2D eigenvalue weighted by Crippen LogP contribution is -2.41. The van der Waals surface area contributed by atoms with E-state index in [1.54, 1.807) is 12.1 Å². The molecular weight excluding hydrogens is 429 g/mol. The van der Waals surface area contributed by atoms with E-state index >= 15 is 0 Å². The fourth-order valence-electron chi connectivity index (χ4n) is 4.61. The maximum atomic E-state index is 14.4. The average Bonchev–Trinajstić information content (AvgIpc) is 3.29. The Labute approximate surface area is 198 Å². The van der Waals surface area contributed by atoms with E-state index in [1.165, 1.54) is 6.07 Å². The Balaban J connectivity index is 1.60. The molecule has 5 rings (SSSR count). The highest BCUT2D eigenvalue weighted by molar-refractivity contribution is 5.86. The normalized spacial score (nSPS) is 14.9. The first kappa shape index (κ1) is 22.3. The number of imidazole rings is 1. The summed E-state index contributed by atoms with van der Waals surface area (Å²) in [5, 5.41) is 3.35. The van der Waals surface area contributed by atoms with Crippen LogP contribution < -0.4 is 16.0 Å². The first-order valence-electron chi connectivity index (χ1n) is 11.8. The smallest absolute Gasteiger partial charge is 0.147 e. The molecule has 176 valence electrons. The number of halogens is 1. The van der Waals surface area contributed by atoms with Crippen LogP contribution in [-0.2, 0) is 0 Å². The number of nitrogens with one attached hydrogen (secondary N) is 1. The van der Waals surface area contributed by atoms with Gasteiger partial charge in [-0.05, 0) is 58.0 Å². The Bertz CT molecular complexity index is 1320. The minimum Gasteiger partial charge on any atom is -0.396 e. The summed E-state index contributed by atoms with van der Waals surface area (Å²) < 4.78 is 16.6. The quantitative estimate of drug-likeness (QED) is 0.423. The van der Waals surface area contributed by atoms with Crippen LogP contribution in [0.4, 0.5) is 15.9 Å². The molecule has 0 unspecified atom stereocenters. The Kier molecular flexibility index (Phi) is 5.91. The molecule has 0 atom stereocenters. The SMILES string of the molecule is CNC1CCN(c2cnc(-c3ccc4c(c3)ncn4C(C)C)c(-c3ccc(N)c(F)c3)n2)CC1. The topological polar surface area (TPSA) is 84.9 Å². The second-order valence-corrected chi connectivity index (χ2v) is 9.16. The lowest BCUT2D eigenvalue weighted by atomic mass is 10.0. The Morgan fingerprint density at radius 1 is 1.03 bits per heavy atom. The number of nitrogen functional groups attached to an aromatic ring is 1. The van der Waals surface area contributed by atoms with Gasteiger partial charge in [-0.25, -0.2) is 14.4 Å². The van der Waals surface area contributed by atoms with Gasteiger partial charge in [-0.1, -0.05) is 12.1 Å². The number of piperidine rings is 1. The van der Waals surface area contributed by atoms with Gasteiger partial charge in [0.1, 0.15) is 11.6 Å². The van der Waals surface area contributed by atoms with Gasteiger partial charge in [0, 0.05) is 36.3 Å². The maximum absolute atomic E-state index is 14.4. The van der Waals surface area contributed by atoms with Gasteiger partial charge in [0.2, 0.25) is 0 Å². The van der Waals surface area contributed by atoms with E-state index in [1.807, 2.05) is 31.7 Å². The number of aromatic nitrogens is 4. The molecule has 1 aliphatic heterocycles. The largest absolute Gasteiger partial charge is 0.396 e. The second kappa shape index (κ2) is 9.02. The number of anilines is 2. The molecule has 1 fully saturated rings. The van der Waals surface area contributed by atoms with Crippen molar-refractivity contribution in [2.45, 2.75) is 38.8 Å². The summed E-state index contributed by atoms with van der Waals surface area (Å²) in [5.41, 5.74) is 10.7. The van der Waals surface area contributed by atoms with Crippen LogP contribution in [0.15, 0.2) is 48.9 Å². The zero-order valence-electron chi connectivity index (χ0n) is 19.8. The summed E-state index contributed by atoms with van der Waals surface area (Å²) in [5.74, 6) is 0.340. The summed E-state index contributed by atoms with van der Waals surface area (Å²) in [4.78, 5) is 16.7. The van der Waals surface area contributed by atoms with E-state index in [-0.39, 0.29) is 5.69 Å². The molecule has 1 saturated heterocycles. The Morgan fingerprint density at radius 2 is 1.76 bits per heavy atom. The third-order valence-electron chi connectivity index (χ3n) is 6.67. The van der Waals surface area contributed by atoms with Gasteiger partial charge >= 0.3 is 0 Å². The van der Waals surface area contributed by atoms with Crippen LogP contribution in [0.5, 0.6) is 0 Å². The number of hydrogen-bond acceptors (Lipinski definition) is 6. The monoisotopic (exact) mass is 459 g/mol. The molecule has 3 N–H and O–H groups in total. The zero-order chi connectivity index (χ0) is 23.8. The molecule has 0 aliphatic carbocycles. The van der Waals surface area contributed by atoms with Crippen molar-refractivity contribution in [1.82, 2.24) is 24.8 Å². The highest BCUT2D eigenvalue weighted by Gasteiger charge is 2.22. The second-order valence-electron chi connectivity index (χ2n) is 9.16. The molecule has 2 aromatic carbocycles. The number of benzene rings is 2. The summed E-state index contributed by atoms with van der Waals surface area (Å²) >= 11 is 0. The fourth-order valence-corrected chi connectivity index (χ4v) is 4.61. The molecule has 4 aromatic rings. The first-order chi connectivity index (χ1) is 16.4. The molecule has 1 aliphatic rings. The number of nitrogens with two attached hydrogens (primary N) is 1. The third-order valence-corrected chi connectivity index (χ3v) is 6.67. The van der Waals surface area contributed by atoms with Crippen molar-refractivity contribution in [3.63, 3.8) is 0 Å². The van der Waals surface area contributed by atoms with Crippen molar-refractivity contribution >= 4 is 22.5 Å². The van der Waals surface area contributed by atoms with Crippen LogP contribution in [0.25, 0.3) is 33.5 Å². The standard InChI is InChI=1S/C26H30FN7/c1-16(2)34-15-31-22-13-18(5-7-23(22)34)25-26(17-4-6-21(28)20(27)12-17)32-24(14-30-25)33-10-8-19(29-3)9-11-33/h4-7,12-16,19,29H,8-11,28H2,1-3H3. The van der Waals surface area contributed by atoms with E-state index in [0.717, 1.165) is 48.3 Å². The third kappa shape index (κ3) is 4.09. The van der Waals surface area contributed by atoms with Crippen molar-refractivity contribution in [2.75, 3.05) is 30.8 Å². The average molecular weight is 460 g/mol. The minimum absolute atomic E-state index is 0.115. The lowest BCUT2D eigenvalue weighted by molar-refractivity contribution is 0.440. The summed E-state index contributed by atoms with van der Waals surface area (Å²) in [6.07, 6.45) is 5.77. The van der Waals surface area contributed by atoms with Crippen molar-refractivity contribution in [3.8, 4) is 22.5 Å². The van der Waals surface area contributed by atoms with Gasteiger partial charge in [-0.2, -0.15) is 0 Å². The number of fused-ring (bicyclic) bond motifs is 1. The molecule has 8 heteroatoms. The van der Waals surface area contributed by atoms with Crippen LogP contribution in [-0.4, -0.2) is 45.7 Å². The van der Waals surface area contributed by atoms with E-state index < -0.39 is 5.82 Å². The summed E-state index contributed by atoms with van der Waals surface area (Å²) in [6, 6.07) is 11.8. The van der Waals surface area contributed by atoms with Gasteiger partial charge in [0.25, 0.3) is 0 Å². The highest BCUT2D eigenvalue weighted by atomic mass is 19.1. The van der Waals surface area contributed by atoms with E-state index in [9.17, 15) is 4.39 Å². The molecule has 7 nitrogen and oxygen atoms in total. The van der Waals surface area contributed by atoms with Gasteiger partial charge < -0.3 is 20.5 Å². The summed E-state index contributed by atoms with van der Waals surface area (Å²) in [6.45, 7) is 6.06. The number of nitrogens with zero attached hydrogens (tertiary/aromatic N) is 5. The van der Waals surface area contributed by atoms with Crippen molar-refractivity contribution < 1.29 is 4.39 Å². The highest BCUT2D eigenvalue weighted by Crippen LogP contribution is 2.34. The Morgan fingerprint density at radius 3 is 2.47 bits per heavy atom. The molecule has 3 heterocycles. The van der Waals surface area contributed by atoms with E-state index in [0.29, 0.717) is 29.0 Å². The van der Waals surface area contributed by atoms with Gasteiger partial charge in [-0.15, -0.1) is 0 Å². The van der Waals surface area contributed by atoms with Crippen LogP contribution >= 0.6 is 0 Å². The van der Waals surface area contributed by atoms with E-state index in [2.05, 4.69) is 39.7 Å². The van der Waals surface area contributed by atoms with E-state index in [4.69, 9.17) is 15.7 Å². The van der Waals surface area contributed by atoms with Crippen LogP contribution in [0, 0.1) is 5.82 Å². The predicted molar refractivity (Wildman–Crippen MR) is 135 cm³/mol. The van der Waals surface area contributed by atoms with Crippen molar-refractivity contribution in [2.24, 2.45) is 0 Å². The van der Waals surface area contributed by atoms with Gasteiger partial charge in [0.05, 0.1) is 40.6 Å². The molecule has 0 amide bonds. The maximum Gasteiger partial charge on any atom is 0.147 e. The minimum atomic E-state index is -0.461. The van der Waals surface area contributed by atoms with Gasteiger partial charge in [-0.3, -0.25) is 4.98 Å². The number of rotatable bonds is 5. The predicted octanol–water partition coefficient (Wildman–Crippen LogP) is 4.65. The summed E-state index contributed by atoms with van der Waals surface area (Å²) in [7, 11) is 2.00. The van der Waals surface area contributed by atoms with Crippen LogP contribution in [0.2, 0.25) is 0 Å². The fraction of sp³-hybridized carbons (Fsp3) is 0.346. The molecule has 34 heavy (non-hydrogen) atoms. The lowest BCUT2D eigenvalue weighted by Gasteiger charge is -2.32. The molecule has 0 radical (unpaired) electrons. The first-order valence-corrected chi connectivity index (χ1v) is 11.8. The molecule has 0 spiro atoms. The molecule has 0 saturated carbocycles. The van der Waals surface area contributed by atoms with Crippen molar-refractivity contribution in [1.29, 1.82) is 0 Å².